The van der Waals surface area contributed by atoms with E-state index in [2.05, 4.69) is 0 Å². The van der Waals surface area contributed by atoms with Crippen LogP contribution in [0.2, 0.25) is 0 Å². The maximum atomic E-state index is 15.3. The van der Waals surface area contributed by atoms with E-state index in [1.807, 2.05) is 0 Å². The van der Waals surface area contributed by atoms with Crippen LogP contribution >= 0.6 is 14.3 Å². The molecule has 0 saturated heterocycles. The Morgan fingerprint density at radius 1 is 0.489 bits per heavy atom. The molecule has 4 saturated carbocycles. The first-order chi connectivity index (χ1) is 21.3. The van der Waals surface area contributed by atoms with Crippen LogP contribution in [0.25, 0.3) is 0 Å². The van der Waals surface area contributed by atoms with E-state index in [4.69, 9.17) is 10.2 Å². The van der Waals surface area contributed by atoms with Crippen molar-refractivity contribution >= 4 is 14.3 Å². The normalized spacial score (nSPS) is 36.3. The Morgan fingerprint density at radius 3 is 0.894 bits per heavy atom. The molecule has 4 fully saturated rings. The van der Waals surface area contributed by atoms with Gasteiger partial charge in [0.15, 0.2) is 12.2 Å². The van der Waals surface area contributed by atoms with Crippen molar-refractivity contribution in [1.29, 1.82) is 0 Å². The molecule has 0 aliphatic heterocycles. The first-order valence-electron chi connectivity index (χ1n) is 16.5. The van der Waals surface area contributed by atoms with E-state index in [1.165, 1.54) is 0 Å². The summed E-state index contributed by atoms with van der Waals surface area (Å²) < 4.78 is 160. The third-order valence-corrected chi connectivity index (χ3v) is 20.8. The number of rotatable bonds is 8. The second kappa shape index (κ2) is 18.8. The van der Waals surface area contributed by atoms with Crippen molar-refractivity contribution in [3.63, 3.8) is 0 Å². The molecule has 4 nitrogen and oxygen atoms in total. The van der Waals surface area contributed by atoms with Crippen molar-refractivity contribution in [3.05, 3.63) is 0 Å². The summed E-state index contributed by atoms with van der Waals surface area (Å²) in [7, 11) is -7.27. The van der Waals surface area contributed by atoms with Crippen LogP contribution in [0.4, 0.5) is 43.9 Å². The smallest absolute Gasteiger partial charge is 0.384 e. The molecule has 0 aromatic heterocycles. The van der Waals surface area contributed by atoms with Crippen molar-refractivity contribution in [2.24, 2.45) is 0 Å². The zero-order chi connectivity index (χ0) is 34.5. The van der Waals surface area contributed by atoms with Gasteiger partial charge in [0.1, 0.15) is 39.0 Å². The summed E-state index contributed by atoms with van der Waals surface area (Å²) in [4.78, 5) is 0. The minimum absolute atomic E-state index is 0. The molecule has 0 spiro atoms. The molecule has 0 aromatic rings. The molecule has 0 bridgehead atoms. The molecule has 0 aromatic carbocycles. The van der Waals surface area contributed by atoms with E-state index in [9.17, 15) is 35.5 Å². The van der Waals surface area contributed by atoms with Crippen molar-refractivity contribution in [2.75, 3.05) is 5.90 Å². The molecule has 2 N–H and O–H groups in total. The number of halogens is 10. The van der Waals surface area contributed by atoms with Crippen LogP contribution in [-0.2, 0) is 9.13 Å². The van der Waals surface area contributed by atoms with Crippen LogP contribution < -0.4 is 0 Å². The Hall–Kier alpha value is 1.26. The van der Waals surface area contributed by atoms with Crippen LogP contribution in [0, 0.1) is 49.4 Å². The predicted octanol–water partition coefficient (Wildman–Crippen LogP) is 10.0. The quantitative estimate of drug-likeness (QED) is 0.188. The molecule has 1 radical (unpaired) electrons. The predicted molar refractivity (Wildman–Crippen MR) is 157 cm³/mol. The molecule has 4 aliphatic carbocycles. The summed E-state index contributed by atoms with van der Waals surface area (Å²) in [6.07, 6.45) is -15.0. The molecule has 0 heterocycles. The van der Waals surface area contributed by atoms with Gasteiger partial charge in [0.2, 0.25) is 0 Å². The number of hydrogen-bond donors (Lipinski definition) is 2. The van der Waals surface area contributed by atoms with Crippen LogP contribution in [0.1, 0.15) is 109 Å². The second-order valence-electron chi connectivity index (χ2n) is 13.7. The van der Waals surface area contributed by atoms with Gasteiger partial charge in [0.25, 0.3) is 0 Å². The van der Waals surface area contributed by atoms with Crippen molar-refractivity contribution in [2.45, 2.75) is 181 Å². The molecular weight excluding hydrogens is 828 g/mol. The average molecular weight is 877 g/mol. The molecule has 10 unspecified atom stereocenters. The molecule has 4 aliphatic rings. The maximum Gasteiger partial charge on any atom is 0.414 e. The molecule has 4 rings (SSSR count). The Labute approximate surface area is 311 Å². The van der Waals surface area contributed by atoms with Crippen LogP contribution in [0.15, 0.2) is 0 Å². The molecule has 47 heavy (non-hydrogen) atoms. The van der Waals surface area contributed by atoms with Gasteiger partial charge >= 0.3 is 12.4 Å². The molecule has 10 atom stereocenters. The fourth-order valence-corrected chi connectivity index (χ4v) is 20.3. The van der Waals surface area contributed by atoms with E-state index in [0.29, 0.717) is 77.0 Å². The van der Waals surface area contributed by atoms with E-state index in [-0.39, 0.29) is 55.3 Å². The topological polar surface area (TPSA) is 74.6 Å². The van der Waals surface area contributed by atoms with Gasteiger partial charge in [0.05, 0.1) is 5.90 Å². The molecule has 0 amide bonds. The van der Waals surface area contributed by atoms with Gasteiger partial charge in [-0.3, -0.25) is 0 Å². The minimum Gasteiger partial charge on any atom is -0.384 e. The van der Waals surface area contributed by atoms with E-state index in [1.54, 1.807) is 0 Å². The largest absolute Gasteiger partial charge is 0.414 e. The zero-order valence-corrected chi connectivity index (χ0v) is 30.5. The van der Waals surface area contributed by atoms with E-state index >= 15 is 17.6 Å². The standard InChI is InChI=1S/C25H42F4O2P2.C5H6F6O2.Eu/c26-18-9-1-5-13-22(18)32(30,23-14-6-2-10-19(23)27)17-33(31,24-15-7-3-11-20(24)28)25-16-8-4-12-21(25)29;6-4(7,8)2(12)1-3(13)5(9,10)11;/h18-25H,1-17H2;2-3,12-13H,1H2;. The Balaban J connectivity index is 0.000000468. The maximum absolute atomic E-state index is 15.3. The Kier molecular flexibility index (Phi) is 17.8. The van der Waals surface area contributed by atoms with Crippen LogP contribution in [0.3, 0.4) is 0 Å². The van der Waals surface area contributed by atoms with E-state index < -0.39 is 92.6 Å². The fraction of sp³-hybridized carbons (Fsp3) is 1.00. The van der Waals surface area contributed by atoms with Gasteiger partial charge in [-0.05, 0) is 51.4 Å². The number of alkyl halides is 10. The van der Waals surface area contributed by atoms with Crippen molar-refractivity contribution < 1.29 is 113 Å². The molecule has 279 valence electrons. The molecular formula is C30H48EuF10O4P2. The summed E-state index contributed by atoms with van der Waals surface area (Å²) in [6, 6.07) is 0. The second-order valence-corrected chi connectivity index (χ2v) is 20.9. The monoisotopic (exact) mass is 877 g/mol. The number of aliphatic hydroxyl groups excluding tert-OH is 2. The van der Waals surface area contributed by atoms with E-state index in [0.717, 1.165) is 25.7 Å². The minimum atomic E-state index is -5.15. The SMILES string of the molecule is O=P(CP(=O)(C1CCCCC1F)C1CCCCC1F)(C1CCCCC1F)C1CCCCC1F.OC(CC(O)C(F)(F)F)C(F)(F)F.[Eu]. The summed E-state index contributed by atoms with van der Waals surface area (Å²) in [5.41, 5.74) is -3.21. The first-order valence-corrected chi connectivity index (χ1v) is 20.6. The summed E-state index contributed by atoms with van der Waals surface area (Å²) in [5, 5.41) is 16.3. The fourth-order valence-electron chi connectivity index (χ4n) is 7.97. The van der Waals surface area contributed by atoms with Gasteiger partial charge in [-0.25, -0.2) is 17.6 Å². The summed E-state index contributed by atoms with van der Waals surface area (Å²) in [6.45, 7) is 0. The third kappa shape index (κ3) is 11.6. The van der Waals surface area contributed by atoms with Gasteiger partial charge in [0, 0.05) is 78.4 Å². The van der Waals surface area contributed by atoms with Crippen LogP contribution in [0.5, 0.6) is 0 Å². The Bertz CT molecular complexity index is 921. The van der Waals surface area contributed by atoms with Crippen molar-refractivity contribution in [1.82, 2.24) is 0 Å². The number of hydrogen-bond acceptors (Lipinski definition) is 4. The van der Waals surface area contributed by atoms with Gasteiger partial charge in [-0.1, -0.05) is 51.4 Å². The first kappa shape index (κ1) is 44.4. The third-order valence-electron chi connectivity index (χ3n) is 10.5. The Morgan fingerprint density at radius 2 is 0.702 bits per heavy atom. The summed E-state index contributed by atoms with van der Waals surface area (Å²) in [5.74, 6) is -0.299. The van der Waals surface area contributed by atoms with Gasteiger partial charge < -0.3 is 19.3 Å². The number of aliphatic hydroxyl groups is 2. The summed E-state index contributed by atoms with van der Waals surface area (Å²) >= 11 is 0. The average Bonchev–Trinajstić information content (AvgIpc) is 2.97. The van der Waals surface area contributed by atoms with Crippen molar-refractivity contribution in [3.8, 4) is 0 Å². The van der Waals surface area contributed by atoms with Crippen LogP contribution in [-0.4, -0.2) is 88.0 Å². The van der Waals surface area contributed by atoms with Gasteiger partial charge in [-0.2, -0.15) is 26.3 Å². The molecule has 17 heteroatoms. The zero-order valence-electron chi connectivity index (χ0n) is 26.3. The van der Waals surface area contributed by atoms with Gasteiger partial charge in [-0.15, -0.1) is 0 Å².